The molecule has 78 valence electrons. The molecule has 4 nitrogen and oxygen atoms in total. The van der Waals surface area contributed by atoms with Crippen LogP contribution in [-0.4, -0.2) is 21.3 Å². The first-order valence-corrected chi connectivity index (χ1v) is 4.23. The van der Waals surface area contributed by atoms with Crippen molar-refractivity contribution in [1.29, 1.82) is 0 Å². The number of ether oxygens (including phenoxy) is 3. The van der Waals surface area contributed by atoms with E-state index in [9.17, 15) is 0 Å². The first kappa shape index (κ1) is 10.8. The smallest absolute Gasteiger partial charge is 0.135 e. The Morgan fingerprint density at radius 3 is 2.36 bits per heavy atom. The second-order valence-electron chi connectivity index (χ2n) is 2.76. The molecule has 0 spiro atoms. The Hall–Kier alpha value is -1.26. The van der Waals surface area contributed by atoms with Gasteiger partial charge in [0.15, 0.2) is 0 Å². The van der Waals surface area contributed by atoms with Crippen LogP contribution in [0.25, 0.3) is 0 Å². The maximum absolute atomic E-state index is 5.72. The van der Waals surface area contributed by atoms with Crippen molar-refractivity contribution in [2.45, 2.75) is 6.23 Å². The maximum Gasteiger partial charge on any atom is 0.135 e. The molecule has 1 rings (SSSR count). The predicted molar refractivity (Wildman–Crippen MR) is 53.5 cm³/mol. The summed E-state index contributed by atoms with van der Waals surface area (Å²) in [6.45, 7) is 0. The van der Waals surface area contributed by atoms with E-state index in [-0.39, 0.29) is 0 Å². The molecule has 1 unspecified atom stereocenters. The minimum absolute atomic E-state index is 0.476. The fourth-order valence-corrected chi connectivity index (χ4v) is 1.18. The van der Waals surface area contributed by atoms with E-state index in [1.54, 1.807) is 27.4 Å². The van der Waals surface area contributed by atoms with Crippen LogP contribution < -0.4 is 15.2 Å². The lowest BCUT2D eigenvalue weighted by molar-refractivity contribution is 0.107. The van der Waals surface area contributed by atoms with Gasteiger partial charge in [0.05, 0.1) is 14.2 Å². The molecule has 0 fully saturated rings. The van der Waals surface area contributed by atoms with E-state index >= 15 is 0 Å². The third kappa shape index (κ3) is 2.16. The van der Waals surface area contributed by atoms with E-state index in [4.69, 9.17) is 19.9 Å². The first-order chi connectivity index (χ1) is 6.72. The van der Waals surface area contributed by atoms with Gasteiger partial charge in [0.1, 0.15) is 17.7 Å². The Morgan fingerprint density at radius 2 is 1.86 bits per heavy atom. The standard InChI is InChI=1S/C10H15NO3/c1-12-7-4-5-8(10(11)14-3)9(6-7)13-2/h4-6,10H,11H2,1-3H3. The zero-order valence-electron chi connectivity index (χ0n) is 8.61. The lowest BCUT2D eigenvalue weighted by atomic mass is 10.1. The molecular weight excluding hydrogens is 182 g/mol. The normalized spacial score (nSPS) is 12.3. The Kier molecular flexibility index (Phi) is 3.73. The van der Waals surface area contributed by atoms with Gasteiger partial charge in [-0.2, -0.15) is 0 Å². The zero-order chi connectivity index (χ0) is 10.6. The Morgan fingerprint density at radius 1 is 1.14 bits per heavy atom. The third-order valence-electron chi connectivity index (χ3n) is 2.00. The molecule has 0 amide bonds. The molecule has 4 heteroatoms. The van der Waals surface area contributed by atoms with Crippen molar-refractivity contribution < 1.29 is 14.2 Å². The van der Waals surface area contributed by atoms with Gasteiger partial charge in [-0.05, 0) is 12.1 Å². The molecule has 0 heterocycles. The Bertz CT molecular complexity index is 301. The minimum Gasteiger partial charge on any atom is -0.497 e. The number of rotatable bonds is 4. The van der Waals surface area contributed by atoms with Gasteiger partial charge in [0.2, 0.25) is 0 Å². The van der Waals surface area contributed by atoms with Crippen molar-refractivity contribution >= 4 is 0 Å². The van der Waals surface area contributed by atoms with Crippen molar-refractivity contribution in [3.8, 4) is 11.5 Å². The van der Waals surface area contributed by atoms with Gasteiger partial charge in [-0.3, -0.25) is 0 Å². The predicted octanol–water partition coefficient (Wildman–Crippen LogP) is 1.31. The zero-order valence-corrected chi connectivity index (χ0v) is 8.61. The number of benzene rings is 1. The highest BCUT2D eigenvalue weighted by Crippen LogP contribution is 2.28. The lowest BCUT2D eigenvalue weighted by Crippen LogP contribution is -2.13. The van der Waals surface area contributed by atoms with Crippen molar-refractivity contribution in [3.05, 3.63) is 23.8 Å². The summed E-state index contributed by atoms with van der Waals surface area (Å²) < 4.78 is 15.2. The molecule has 0 aromatic heterocycles. The highest BCUT2D eigenvalue weighted by molar-refractivity contribution is 5.41. The Balaban J connectivity index is 3.04. The van der Waals surface area contributed by atoms with Crippen LogP contribution in [0, 0.1) is 0 Å². The SMILES string of the molecule is COc1ccc(C(N)OC)c(OC)c1. The topological polar surface area (TPSA) is 53.7 Å². The summed E-state index contributed by atoms with van der Waals surface area (Å²) in [6, 6.07) is 5.41. The maximum atomic E-state index is 5.72. The van der Waals surface area contributed by atoms with Gasteiger partial charge < -0.3 is 19.9 Å². The number of hydrogen-bond donors (Lipinski definition) is 1. The van der Waals surface area contributed by atoms with E-state index in [2.05, 4.69) is 0 Å². The molecule has 0 bridgehead atoms. The van der Waals surface area contributed by atoms with Crippen LogP contribution in [-0.2, 0) is 4.74 Å². The van der Waals surface area contributed by atoms with Crippen molar-refractivity contribution in [1.82, 2.24) is 0 Å². The van der Waals surface area contributed by atoms with E-state index < -0.39 is 6.23 Å². The largest absolute Gasteiger partial charge is 0.497 e. The van der Waals surface area contributed by atoms with E-state index in [1.807, 2.05) is 12.1 Å². The summed E-state index contributed by atoms with van der Waals surface area (Å²) in [7, 11) is 4.74. The summed E-state index contributed by atoms with van der Waals surface area (Å²) in [5, 5.41) is 0. The van der Waals surface area contributed by atoms with E-state index in [1.165, 1.54) is 0 Å². The summed E-state index contributed by atoms with van der Waals surface area (Å²) in [4.78, 5) is 0. The summed E-state index contributed by atoms with van der Waals surface area (Å²) in [5.41, 5.74) is 6.52. The monoisotopic (exact) mass is 197 g/mol. The summed E-state index contributed by atoms with van der Waals surface area (Å²) in [6.07, 6.45) is -0.476. The van der Waals surface area contributed by atoms with Crippen LogP contribution >= 0.6 is 0 Å². The second kappa shape index (κ2) is 4.83. The van der Waals surface area contributed by atoms with Crippen LogP contribution in [0.15, 0.2) is 18.2 Å². The fraction of sp³-hybridized carbons (Fsp3) is 0.400. The molecule has 0 aliphatic rings. The van der Waals surface area contributed by atoms with Gasteiger partial charge in [-0.25, -0.2) is 0 Å². The minimum atomic E-state index is -0.476. The van der Waals surface area contributed by atoms with Crippen LogP contribution in [0.1, 0.15) is 11.8 Å². The van der Waals surface area contributed by atoms with Gasteiger partial charge in [0, 0.05) is 18.7 Å². The van der Waals surface area contributed by atoms with Gasteiger partial charge >= 0.3 is 0 Å². The molecule has 0 radical (unpaired) electrons. The van der Waals surface area contributed by atoms with E-state index in [0.29, 0.717) is 5.75 Å². The van der Waals surface area contributed by atoms with Crippen molar-refractivity contribution in [2.75, 3.05) is 21.3 Å². The molecule has 0 aliphatic heterocycles. The van der Waals surface area contributed by atoms with Crippen LogP contribution in [0.2, 0.25) is 0 Å². The Labute approximate surface area is 83.6 Å². The summed E-state index contributed by atoms with van der Waals surface area (Å²) >= 11 is 0. The average Bonchev–Trinajstić information content (AvgIpc) is 2.27. The molecule has 14 heavy (non-hydrogen) atoms. The lowest BCUT2D eigenvalue weighted by Gasteiger charge is -2.14. The molecule has 1 atom stereocenters. The van der Waals surface area contributed by atoms with Crippen LogP contribution in [0.3, 0.4) is 0 Å². The molecule has 0 aliphatic carbocycles. The van der Waals surface area contributed by atoms with Crippen molar-refractivity contribution in [2.24, 2.45) is 5.73 Å². The highest BCUT2D eigenvalue weighted by atomic mass is 16.5. The second-order valence-corrected chi connectivity index (χ2v) is 2.76. The quantitative estimate of drug-likeness (QED) is 0.739. The number of hydrogen-bond acceptors (Lipinski definition) is 4. The van der Waals surface area contributed by atoms with Crippen LogP contribution in [0.4, 0.5) is 0 Å². The first-order valence-electron chi connectivity index (χ1n) is 4.23. The molecule has 0 saturated carbocycles. The van der Waals surface area contributed by atoms with Crippen molar-refractivity contribution in [3.63, 3.8) is 0 Å². The molecule has 1 aromatic rings. The summed E-state index contributed by atoms with van der Waals surface area (Å²) in [5.74, 6) is 1.40. The number of methoxy groups -OCH3 is 3. The van der Waals surface area contributed by atoms with Gasteiger partial charge in [-0.15, -0.1) is 0 Å². The molecule has 0 saturated heterocycles. The van der Waals surface area contributed by atoms with Gasteiger partial charge in [-0.1, -0.05) is 0 Å². The van der Waals surface area contributed by atoms with Crippen LogP contribution in [0.5, 0.6) is 11.5 Å². The van der Waals surface area contributed by atoms with Gasteiger partial charge in [0.25, 0.3) is 0 Å². The van der Waals surface area contributed by atoms with E-state index in [0.717, 1.165) is 11.3 Å². The molecular formula is C10H15NO3. The average molecular weight is 197 g/mol. The fourth-order valence-electron chi connectivity index (χ4n) is 1.18. The molecule has 1 aromatic carbocycles. The number of nitrogens with two attached hydrogens (primary N) is 1. The highest BCUT2D eigenvalue weighted by Gasteiger charge is 2.11. The molecule has 2 N–H and O–H groups in total. The third-order valence-corrected chi connectivity index (χ3v) is 2.00.